The zero-order valence-electron chi connectivity index (χ0n) is 11.7. The molecule has 6 heteroatoms. The molecule has 22 heavy (non-hydrogen) atoms. The van der Waals surface area contributed by atoms with E-state index in [4.69, 9.17) is 0 Å². The van der Waals surface area contributed by atoms with Crippen molar-refractivity contribution in [3.8, 4) is 0 Å². The number of hydrogen-bond donors (Lipinski definition) is 0. The van der Waals surface area contributed by atoms with Crippen LogP contribution in [0.1, 0.15) is 0 Å². The third-order valence-electron chi connectivity index (χ3n) is 2.14. The molecule has 0 amide bonds. The minimum atomic E-state index is -4.25. The van der Waals surface area contributed by atoms with Crippen molar-refractivity contribution < 1.29 is 51.6 Å². The summed E-state index contributed by atoms with van der Waals surface area (Å²) in [4.78, 5) is -0.185. The molecule has 0 spiro atoms. The van der Waals surface area contributed by atoms with Gasteiger partial charge in [-0.2, -0.15) is 36.4 Å². The van der Waals surface area contributed by atoms with Crippen molar-refractivity contribution in [2.45, 2.75) is 4.90 Å². The van der Waals surface area contributed by atoms with Gasteiger partial charge in [-0.25, -0.2) is 32.7 Å². The molecule has 0 saturated carbocycles. The van der Waals surface area contributed by atoms with E-state index < -0.39 is 10.1 Å². The van der Waals surface area contributed by atoms with E-state index in [2.05, 4.69) is 0 Å². The van der Waals surface area contributed by atoms with Gasteiger partial charge in [0, 0.05) is 0 Å². The molecular formula is C16H15ClO3SZr. The van der Waals surface area contributed by atoms with Crippen LogP contribution in [0.15, 0.2) is 95.9 Å². The molecule has 0 unspecified atom stereocenters. The second kappa shape index (κ2) is 13.7. The zero-order valence-corrected chi connectivity index (χ0v) is 15.7. The molecule has 3 aromatic rings. The molecule has 114 valence electrons. The van der Waals surface area contributed by atoms with Crippen molar-refractivity contribution in [3.63, 3.8) is 0 Å². The maximum absolute atomic E-state index is 10.3. The Hall–Kier alpha value is -0.997. The molecular weight excluding hydrogens is 399 g/mol. The van der Waals surface area contributed by atoms with Crippen LogP contribution in [0.2, 0.25) is 0 Å². The number of halogens is 1. The van der Waals surface area contributed by atoms with E-state index in [0.29, 0.717) is 0 Å². The molecule has 3 rings (SSSR count). The Morgan fingerprint density at radius 2 is 1.09 bits per heavy atom. The maximum atomic E-state index is 10.3. The Morgan fingerprint density at radius 3 is 1.27 bits per heavy atom. The Kier molecular flexibility index (Phi) is 14.4. The topological polar surface area (TPSA) is 57.2 Å². The predicted molar refractivity (Wildman–Crippen MR) is 78.5 cm³/mol. The maximum Gasteiger partial charge on any atom is 4.00 e. The fraction of sp³-hybridized carbons (Fsp3) is 0. The summed E-state index contributed by atoms with van der Waals surface area (Å²) < 4.78 is 30.8. The summed E-state index contributed by atoms with van der Waals surface area (Å²) in [5.41, 5.74) is 0. The van der Waals surface area contributed by atoms with Gasteiger partial charge in [0.2, 0.25) is 0 Å². The van der Waals surface area contributed by atoms with Gasteiger partial charge in [0.15, 0.2) is 0 Å². The van der Waals surface area contributed by atoms with Crippen molar-refractivity contribution in [3.05, 3.63) is 91.0 Å². The summed E-state index contributed by atoms with van der Waals surface area (Å²) >= 11 is 0. The van der Waals surface area contributed by atoms with Crippen LogP contribution in [0.5, 0.6) is 0 Å². The van der Waals surface area contributed by atoms with Crippen molar-refractivity contribution in [1.29, 1.82) is 0 Å². The molecule has 0 saturated heterocycles. The third-order valence-corrected chi connectivity index (χ3v) is 2.99. The van der Waals surface area contributed by atoms with Gasteiger partial charge in [-0.1, -0.05) is 18.2 Å². The summed E-state index contributed by atoms with van der Waals surface area (Å²) in [5.74, 6) is 0. The van der Waals surface area contributed by atoms with Crippen LogP contribution in [0.25, 0.3) is 0 Å². The first-order valence-corrected chi connectivity index (χ1v) is 7.36. The zero-order chi connectivity index (χ0) is 14.7. The average Bonchev–Trinajstić information content (AvgIpc) is 3.17. The summed E-state index contributed by atoms with van der Waals surface area (Å²) in [7, 11) is -4.25. The van der Waals surface area contributed by atoms with Gasteiger partial charge in [0.25, 0.3) is 0 Å². The van der Waals surface area contributed by atoms with E-state index in [9.17, 15) is 13.0 Å². The van der Waals surface area contributed by atoms with Gasteiger partial charge in [-0.3, -0.25) is 0 Å². The predicted octanol–water partition coefficient (Wildman–Crippen LogP) is 0.403. The number of benzene rings is 1. The van der Waals surface area contributed by atoms with E-state index in [1.807, 2.05) is 60.7 Å². The van der Waals surface area contributed by atoms with Crippen molar-refractivity contribution >= 4 is 10.1 Å². The first-order valence-electron chi connectivity index (χ1n) is 5.95. The van der Waals surface area contributed by atoms with Crippen LogP contribution in [-0.4, -0.2) is 13.0 Å². The van der Waals surface area contributed by atoms with Crippen LogP contribution < -0.4 is 12.4 Å². The SMILES string of the molecule is O=S(=O)([O-])c1ccccc1.[Cl-].[Zr+4].c1cc[cH-]c1.c1cc[cH-]c1. The second-order valence-electron chi connectivity index (χ2n) is 3.69. The molecule has 3 aromatic carbocycles. The van der Waals surface area contributed by atoms with Crippen molar-refractivity contribution in [1.82, 2.24) is 0 Å². The smallest absolute Gasteiger partial charge is 1.00 e. The van der Waals surface area contributed by atoms with Gasteiger partial charge in [0.05, 0.1) is 4.90 Å². The van der Waals surface area contributed by atoms with Crippen molar-refractivity contribution in [2.24, 2.45) is 0 Å². The second-order valence-corrected chi connectivity index (χ2v) is 5.07. The van der Waals surface area contributed by atoms with Crippen LogP contribution in [0.3, 0.4) is 0 Å². The van der Waals surface area contributed by atoms with E-state index >= 15 is 0 Å². The normalized spacial score (nSPS) is 8.77. The van der Waals surface area contributed by atoms with Gasteiger partial charge in [0.1, 0.15) is 10.1 Å². The van der Waals surface area contributed by atoms with Crippen molar-refractivity contribution in [2.75, 3.05) is 0 Å². The Morgan fingerprint density at radius 1 is 0.727 bits per heavy atom. The molecule has 0 radical (unpaired) electrons. The van der Waals surface area contributed by atoms with Gasteiger partial charge >= 0.3 is 26.2 Å². The average molecular weight is 414 g/mol. The van der Waals surface area contributed by atoms with Crippen LogP contribution >= 0.6 is 0 Å². The Labute approximate surface area is 157 Å². The van der Waals surface area contributed by atoms with E-state index in [0.717, 1.165) is 0 Å². The first-order chi connectivity index (χ1) is 9.61. The molecule has 0 bridgehead atoms. The molecule has 0 atom stereocenters. The van der Waals surface area contributed by atoms with Gasteiger partial charge in [-0.05, 0) is 12.1 Å². The Bertz CT molecular complexity index is 575. The molecule has 0 heterocycles. The van der Waals surface area contributed by atoms with E-state index in [1.54, 1.807) is 6.07 Å². The van der Waals surface area contributed by atoms with Gasteiger partial charge in [-0.15, -0.1) is 0 Å². The molecule has 0 aromatic heterocycles. The molecule has 3 nitrogen and oxygen atoms in total. The summed E-state index contributed by atoms with van der Waals surface area (Å²) in [5, 5.41) is 0. The fourth-order valence-electron chi connectivity index (χ4n) is 1.23. The van der Waals surface area contributed by atoms with Gasteiger partial charge < -0.3 is 17.0 Å². The minimum Gasteiger partial charge on any atom is -1.00 e. The van der Waals surface area contributed by atoms with E-state index in [1.165, 1.54) is 24.3 Å². The fourth-order valence-corrected chi connectivity index (χ4v) is 1.72. The Balaban J connectivity index is 0. The first kappa shape index (κ1) is 23.3. The molecule has 0 aliphatic rings. The monoisotopic (exact) mass is 412 g/mol. The van der Waals surface area contributed by atoms with Crippen LogP contribution in [0.4, 0.5) is 0 Å². The molecule has 0 aliphatic carbocycles. The number of hydrogen-bond acceptors (Lipinski definition) is 3. The third kappa shape index (κ3) is 11.6. The summed E-state index contributed by atoms with van der Waals surface area (Å²) in [6, 6.07) is 27.2. The summed E-state index contributed by atoms with van der Waals surface area (Å²) in [6.07, 6.45) is 0. The largest absolute Gasteiger partial charge is 4.00 e. The number of rotatable bonds is 1. The van der Waals surface area contributed by atoms with Crippen LogP contribution in [0, 0.1) is 0 Å². The minimum absolute atomic E-state index is 0. The quantitative estimate of drug-likeness (QED) is 0.428. The molecule has 0 N–H and O–H groups in total. The van der Waals surface area contributed by atoms with E-state index in [-0.39, 0.29) is 43.5 Å². The molecule has 0 aliphatic heterocycles. The van der Waals surface area contributed by atoms with Crippen LogP contribution in [-0.2, 0) is 36.3 Å². The molecule has 0 fully saturated rings. The standard InChI is InChI=1S/C6H6O3S.2C5H5.ClH.Zr/c7-10(8,9)6-4-2-1-3-5-6;2*1-2-4-5-3-1;;/h1-5H,(H,7,8,9);2*1-5H;1H;/q;2*-1;;+4/p-2. The summed E-state index contributed by atoms with van der Waals surface area (Å²) in [6.45, 7) is 0.